The van der Waals surface area contributed by atoms with Crippen molar-refractivity contribution in [3.05, 3.63) is 148 Å². The number of halogens is 4. The van der Waals surface area contributed by atoms with Crippen LogP contribution in [-0.2, 0) is 34.2 Å². The van der Waals surface area contributed by atoms with Crippen LogP contribution in [-0.4, -0.2) is 206 Å². The molecule has 20 nitrogen and oxygen atoms in total. The number of alkyl halides is 3. The molecule has 0 bridgehead atoms. The van der Waals surface area contributed by atoms with Crippen molar-refractivity contribution in [2.45, 2.75) is 90.1 Å². The largest absolute Gasteiger partial charge is 0.501 e. The molecule has 2 unspecified atom stereocenters. The molecule has 0 radical (unpaired) electrons. The number of nitrogens with zero attached hydrogens (tertiary/aromatic N) is 6. The number of imide groups is 2. The Bertz CT molecular complexity index is 3960. The van der Waals surface area contributed by atoms with Gasteiger partial charge in [-0.25, -0.2) is 21.6 Å². The zero-order chi connectivity index (χ0) is 67.4. The third kappa shape index (κ3) is 16.0. The highest BCUT2D eigenvalue weighted by Gasteiger charge is 2.50. The molecule has 12 rings (SSSR count). The average Bonchev–Trinajstić information content (AvgIpc) is 1.51. The molecule has 96 heavy (non-hydrogen) atoms. The van der Waals surface area contributed by atoms with Crippen molar-refractivity contribution in [2.75, 3.05) is 133 Å². The second kappa shape index (κ2) is 29.7. The summed E-state index contributed by atoms with van der Waals surface area (Å²) in [7, 11) is -11.0. The van der Waals surface area contributed by atoms with Gasteiger partial charge in [0.1, 0.15) is 10.9 Å². The Morgan fingerprint density at radius 3 is 2.19 bits per heavy atom. The number of hydrogen-bond acceptors (Lipinski definition) is 18. The fourth-order valence-corrected chi connectivity index (χ4v) is 17.7. The second-order valence-corrected chi connectivity index (χ2v) is 31.3. The standard InChI is InChI=1S/C69H80ClF3N10O10S3/c70-51-13-9-48(10-14-51)56-21-25-68(26-31-81(46-68)43-47-22-28-78(29-23-47)32-27-74-59-8-4-7-57-63(59)67(88)83(66(57)87)60-19-20-62(84)76-65(60)86)42-50(56)44-80-33-35-82(36-34-80)53-15-11-49(12-16-53)64(85)77-96(91,92)55-17-18-58(61(41-55)95(89,90)69(71,72)73)75-52(24-30-79-37-39-93-40-38-79)45-94-54-5-2-1-3-6-54/h1-18,41,47,52,60,74-75H,19-40,42-46H2,(H,77,85)(H,76,84,86)/t52-,60?,68?/m1/s1. The zero-order valence-electron chi connectivity index (χ0n) is 53.3. The molecule has 27 heteroatoms. The van der Waals surface area contributed by atoms with E-state index in [1.807, 2.05) is 47.2 Å². The summed E-state index contributed by atoms with van der Waals surface area (Å²) < 4.78 is 105. The second-order valence-electron chi connectivity index (χ2n) is 26.2. The molecule has 1 spiro atoms. The monoisotopic (exact) mass is 1400 g/mol. The lowest BCUT2D eigenvalue weighted by molar-refractivity contribution is -0.136. The maximum Gasteiger partial charge on any atom is 0.501 e. The molecule has 5 aromatic rings. The number of carbonyl (C=O) groups is 5. The van der Waals surface area contributed by atoms with Crippen LogP contribution in [0, 0.1) is 11.3 Å². The van der Waals surface area contributed by atoms with Crippen LogP contribution in [0.4, 0.5) is 30.2 Å². The van der Waals surface area contributed by atoms with Gasteiger partial charge in [-0.05, 0) is 172 Å². The Balaban J connectivity index is 0.629. The number of benzene rings is 5. The van der Waals surface area contributed by atoms with E-state index < -0.39 is 82.5 Å². The molecule has 3 atom stereocenters. The first-order chi connectivity index (χ1) is 46.1. The number of carbonyl (C=O) groups excluding carboxylic acids is 5. The number of morpholine rings is 1. The number of piperazine rings is 1. The van der Waals surface area contributed by atoms with Gasteiger partial charge < -0.3 is 30.1 Å². The quantitative estimate of drug-likeness (QED) is 0.0354. The van der Waals surface area contributed by atoms with Crippen molar-refractivity contribution in [2.24, 2.45) is 11.3 Å². The Hall–Kier alpha value is -6.88. The van der Waals surface area contributed by atoms with Gasteiger partial charge >= 0.3 is 5.51 Å². The molecule has 6 aliphatic heterocycles. The van der Waals surface area contributed by atoms with Crippen molar-refractivity contribution in [3.63, 3.8) is 0 Å². The molecule has 5 amide bonds. The summed E-state index contributed by atoms with van der Waals surface area (Å²) in [5.74, 6) is -2.22. The van der Waals surface area contributed by atoms with Gasteiger partial charge in [-0.2, -0.15) is 13.2 Å². The van der Waals surface area contributed by atoms with Crippen LogP contribution in [0.5, 0.6) is 0 Å². The first-order valence-corrected chi connectivity index (χ1v) is 37.3. The predicted molar refractivity (Wildman–Crippen MR) is 362 cm³/mol. The number of rotatable bonds is 23. The molecule has 5 fully saturated rings. The molecular weight excluding hydrogens is 1320 g/mol. The van der Waals surface area contributed by atoms with Crippen molar-refractivity contribution in [3.8, 4) is 0 Å². The number of likely N-dealkylation sites (tertiary alicyclic amines) is 2. The van der Waals surface area contributed by atoms with Crippen LogP contribution in [0.15, 0.2) is 136 Å². The summed E-state index contributed by atoms with van der Waals surface area (Å²) in [5.41, 5.74) is -0.108. The number of nitrogens with one attached hydrogen (secondary N) is 4. The van der Waals surface area contributed by atoms with E-state index in [1.54, 1.807) is 30.3 Å². The predicted octanol–water partition coefficient (Wildman–Crippen LogP) is 8.72. The fraction of sp³-hybridized carbons (Fsp3) is 0.464. The Labute approximate surface area is 567 Å². The lowest BCUT2D eigenvalue weighted by atomic mass is 9.69. The molecule has 5 saturated heterocycles. The number of thioether (sulfide) groups is 1. The number of amides is 5. The van der Waals surface area contributed by atoms with Crippen LogP contribution < -0.4 is 25.6 Å². The summed E-state index contributed by atoms with van der Waals surface area (Å²) in [6, 6.07) is 29.9. The van der Waals surface area contributed by atoms with Crippen molar-refractivity contribution < 1.29 is 58.7 Å². The molecule has 7 aliphatic rings. The third-order valence-electron chi connectivity index (χ3n) is 19.9. The molecule has 5 aromatic carbocycles. The lowest BCUT2D eigenvalue weighted by Crippen LogP contribution is -2.54. The Morgan fingerprint density at radius 1 is 0.740 bits per heavy atom. The molecule has 0 saturated carbocycles. The van der Waals surface area contributed by atoms with Gasteiger partial charge in [0.25, 0.3) is 37.6 Å². The molecule has 1 aliphatic carbocycles. The maximum absolute atomic E-state index is 14.4. The van der Waals surface area contributed by atoms with Gasteiger partial charge in [0, 0.05) is 124 Å². The summed E-state index contributed by atoms with van der Waals surface area (Å²) in [4.78, 5) is 76.8. The normalized spacial score (nSPS) is 21.8. The van der Waals surface area contributed by atoms with Crippen LogP contribution in [0.25, 0.3) is 5.57 Å². The lowest BCUT2D eigenvalue weighted by Gasteiger charge is -2.41. The van der Waals surface area contributed by atoms with Gasteiger partial charge in [-0.1, -0.05) is 53.6 Å². The minimum atomic E-state index is -6.10. The highest BCUT2D eigenvalue weighted by molar-refractivity contribution is 7.99. The summed E-state index contributed by atoms with van der Waals surface area (Å²) in [6.45, 7) is 13.1. The summed E-state index contributed by atoms with van der Waals surface area (Å²) >= 11 is 7.84. The molecule has 512 valence electrons. The van der Waals surface area contributed by atoms with E-state index in [4.69, 9.17) is 16.3 Å². The van der Waals surface area contributed by atoms with Crippen LogP contribution in [0.2, 0.25) is 5.02 Å². The number of piperidine rings is 2. The van der Waals surface area contributed by atoms with Crippen LogP contribution >= 0.6 is 23.4 Å². The fourth-order valence-electron chi connectivity index (χ4n) is 14.6. The minimum absolute atomic E-state index is 0.0237. The van der Waals surface area contributed by atoms with E-state index in [-0.39, 0.29) is 34.9 Å². The number of hydrogen-bond donors (Lipinski definition) is 4. The van der Waals surface area contributed by atoms with Gasteiger partial charge in [-0.15, -0.1) is 11.8 Å². The first-order valence-electron chi connectivity index (χ1n) is 32.9. The average molecular weight is 1400 g/mol. The Morgan fingerprint density at radius 2 is 1.47 bits per heavy atom. The van der Waals surface area contributed by atoms with Gasteiger partial charge in [0.15, 0.2) is 0 Å². The SMILES string of the molecule is O=C1CCC(N2C(=O)c3cccc(NCCN4CCC(CN5CCC6(CCC(c7ccc(Cl)cc7)=C(CN7CCN(c8ccc(C(=O)NS(=O)(=O)c9ccc(N[C@H](CCN%10CCOCC%10)CSc%10ccccc%10)c(S(=O)(=O)C(F)(F)F)c9)cc8)CC7)C6)C5)CC4)c3C2=O)C(=O)N1. The van der Waals surface area contributed by atoms with E-state index in [9.17, 15) is 54.0 Å². The Kier molecular flexibility index (Phi) is 21.3. The number of ether oxygens (including phenoxy) is 1. The number of fused-ring (bicyclic) bond motifs is 1. The van der Waals surface area contributed by atoms with E-state index in [1.165, 1.54) is 40.6 Å². The molecule has 6 heterocycles. The highest BCUT2D eigenvalue weighted by Crippen LogP contribution is 2.49. The number of allylic oxidation sites excluding steroid dienone is 1. The molecule has 4 N–H and O–H groups in total. The molecule has 0 aromatic heterocycles. The van der Waals surface area contributed by atoms with Gasteiger partial charge in [0.2, 0.25) is 11.8 Å². The van der Waals surface area contributed by atoms with E-state index in [0.717, 1.165) is 125 Å². The van der Waals surface area contributed by atoms with E-state index >= 15 is 0 Å². The molecular formula is C69H80ClF3N10O10S3. The van der Waals surface area contributed by atoms with Crippen molar-refractivity contribution in [1.82, 2.24) is 34.5 Å². The highest BCUT2D eigenvalue weighted by atomic mass is 35.5. The third-order valence-corrected chi connectivity index (χ3v) is 24.2. The topological polar surface area (TPSA) is 230 Å². The van der Waals surface area contributed by atoms with E-state index in [0.29, 0.717) is 87.4 Å². The van der Waals surface area contributed by atoms with Crippen molar-refractivity contribution in [1.29, 1.82) is 0 Å². The van der Waals surface area contributed by atoms with E-state index in [2.05, 4.69) is 52.6 Å². The van der Waals surface area contributed by atoms with Gasteiger partial charge in [-0.3, -0.25) is 44.0 Å². The maximum atomic E-state index is 14.4. The zero-order valence-corrected chi connectivity index (χ0v) is 56.5. The van der Waals surface area contributed by atoms with Crippen LogP contribution in [0.1, 0.15) is 94.4 Å². The van der Waals surface area contributed by atoms with Crippen LogP contribution in [0.3, 0.4) is 0 Å². The first kappa shape index (κ1) is 69.0. The summed E-state index contributed by atoms with van der Waals surface area (Å²) in [5, 5.41) is 9.35. The number of anilines is 3. The van der Waals surface area contributed by atoms with Gasteiger partial charge in [0.05, 0.1) is 34.9 Å². The number of sulfone groups is 1. The summed E-state index contributed by atoms with van der Waals surface area (Å²) in [6.07, 6.45) is 6.97. The smallest absolute Gasteiger partial charge is 0.383 e. The number of sulfonamides is 1. The minimum Gasteiger partial charge on any atom is -0.383 e. The van der Waals surface area contributed by atoms with Crippen molar-refractivity contribution >= 4 is 95.4 Å².